The summed E-state index contributed by atoms with van der Waals surface area (Å²) in [5.41, 5.74) is 3.08. The predicted molar refractivity (Wildman–Crippen MR) is 129 cm³/mol. The lowest BCUT2D eigenvalue weighted by Crippen LogP contribution is -2.38. The molecule has 3 rings (SSSR count). The number of hydrogen-bond acceptors (Lipinski definition) is 3. The molecule has 31 heavy (non-hydrogen) atoms. The Labute approximate surface area is 192 Å². The Morgan fingerprint density at radius 3 is 2.23 bits per heavy atom. The van der Waals surface area contributed by atoms with Crippen molar-refractivity contribution in [3.63, 3.8) is 0 Å². The molecule has 0 radical (unpaired) electrons. The van der Waals surface area contributed by atoms with E-state index in [2.05, 4.69) is 35.1 Å². The quantitative estimate of drug-likeness (QED) is 0.451. The molecule has 0 bridgehead atoms. The minimum Gasteiger partial charge on any atom is -0.324 e. The van der Waals surface area contributed by atoms with Crippen LogP contribution in [0.4, 0.5) is 11.4 Å². The van der Waals surface area contributed by atoms with E-state index in [1.807, 2.05) is 25.1 Å². The standard InChI is InChI=1S/C24H25BrN2O3S/c1-17(2)22-11-7-8-18(3)24(22)26-23(28)16-27(20-14-12-19(25)13-15-20)31(29,30)21-9-5-4-6-10-21/h4-15,17H,16H2,1-3H3,(H,26,28). The predicted octanol–water partition coefficient (Wildman–Crippen LogP) is 5.71. The van der Waals surface area contributed by atoms with Crippen molar-refractivity contribution in [2.75, 3.05) is 16.2 Å². The number of carbonyl (C=O) groups is 1. The fourth-order valence-electron chi connectivity index (χ4n) is 3.29. The molecule has 0 fully saturated rings. The summed E-state index contributed by atoms with van der Waals surface area (Å²) in [7, 11) is -3.93. The number of carbonyl (C=O) groups excluding carboxylic acids is 1. The molecule has 0 unspecified atom stereocenters. The Balaban J connectivity index is 1.97. The van der Waals surface area contributed by atoms with Gasteiger partial charge in [0.15, 0.2) is 0 Å². The van der Waals surface area contributed by atoms with Crippen LogP contribution in [-0.4, -0.2) is 20.9 Å². The van der Waals surface area contributed by atoms with Gasteiger partial charge in [0, 0.05) is 10.2 Å². The molecule has 0 aliphatic carbocycles. The minimum absolute atomic E-state index is 0.129. The van der Waals surface area contributed by atoms with Gasteiger partial charge in [-0.1, -0.05) is 66.2 Å². The lowest BCUT2D eigenvalue weighted by Gasteiger charge is -2.25. The number of hydrogen-bond donors (Lipinski definition) is 1. The minimum atomic E-state index is -3.93. The smallest absolute Gasteiger partial charge is 0.264 e. The van der Waals surface area contributed by atoms with Gasteiger partial charge in [-0.05, 0) is 60.4 Å². The molecule has 5 nitrogen and oxygen atoms in total. The van der Waals surface area contributed by atoms with E-state index < -0.39 is 15.9 Å². The topological polar surface area (TPSA) is 66.5 Å². The average molecular weight is 501 g/mol. The number of anilines is 2. The first-order valence-electron chi connectivity index (χ1n) is 9.93. The second kappa shape index (κ2) is 9.66. The maximum absolute atomic E-state index is 13.4. The van der Waals surface area contributed by atoms with Crippen molar-refractivity contribution in [2.45, 2.75) is 31.6 Å². The zero-order chi connectivity index (χ0) is 22.6. The van der Waals surface area contributed by atoms with Crippen molar-refractivity contribution in [3.8, 4) is 0 Å². The van der Waals surface area contributed by atoms with Crippen molar-refractivity contribution in [1.82, 2.24) is 0 Å². The van der Waals surface area contributed by atoms with Crippen LogP contribution in [0, 0.1) is 6.92 Å². The van der Waals surface area contributed by atoms with E-state index >= 15 is 0 Å². The first-order chi connectivity index (χ1) is 14.7. The van der Waals surface area contributed by atoms with E-state index in [4.69, 9.17) is 0 Å². The molecule has 0 atom stereocenters. The summed E-state index contributed by atoms with van der Waals surface area (Å²) in [6.45, 7) is 5.69. The van der Waals surface area contributed by atoms with Gasteiger partial charge in [-0.3, -0.25) is 9.10 Å². The SMILES string of the molecule is Cc1cccc(C(C)C)c1NC(=O)CN(c1ccc(Br)cc1)S(=O)(=O)c1ccccc1. The summed E-state index contributed by atoms with van der Waals surface area (Å²) >= 11 is 3.37. The molecule has 0 aromatic heterocycles. The lowest BCUT2D eigenvalue weighted by atomic mass is 9.98. The van der Waals surface area contributed by atoms with Gasteiger partial charge < -0.3 is 5.32 Å². The highest BCUT2D eigenvalue weighted by Crippen LogP contribution is 2.29. The van der Waals surface area contributed by atoms with Crippen LogP contribution in [0.1, 0.15) is 30.9 Å². The van der Waals surface area contributed by atoms with Crippen molar-refractivity contribution < 1.29 is 13.2 Å². The molecular weight excluding hydrogens is 476 g/mol. The van der Waals surface area contributed by atoms with Gasteiger partial charge in [0.05, 0.1) is 10.6 Å². The van der Waals surface area contributed by atoms with E-state index in [0.717, 1.165) is 25.6 Å². The number of para-hydroxylation sites is 1. The molecule has 0 heterocycles. The van der Waals surface area contributed by atoms with Gasteiger partial charge in [-0.2, -0.15) is 0 Å². The molecule has 1 amide bonds. The van der Waals surface area contributed by atoms with Crippen LogP contribution in [0.5, 0.6) is 0 Å². The number of nitrogens with one attached hydrogen (secondary N) is 1. The van der Waals surface area contributed by atoms with Crippen LogP contribution in [0.25, 0.3) is 0 Å². The molecule has 3 aromatic carbocycles. The maximum Gasteiger partial charge on any atom is 0.264 e. The second-order valence-electron chi connectivity index (χ2n) is 7.54. The largest absolute Gasteiger partial charge is 0.324 e. The number of halogens is 1. The van der Waals surface area contributed by atoms with Crippen LogP contribution in [0.3, 0.4) is 0 Å². The molecule has 3 aromatic rings. The Hall–Kier alpha value is -2.64. The Kier molecular flexibility index (Phi) is 7.18. The number of amides is 1. The van der Waals surface area contributed by atoms with Crippen LogP contribution >= 0.6 is 15.9 Å². The van der Waals surface area contributed by atoms with Gasteiger partial charge in [-0.15, -0.1) is 0 Å². The highest BCUT2D eigenvalue weighted by atomic mass is 79.9. The molecule has 0 spiro atoms. The van der Waals surface area contributed by atoms with Gasteiger partial charge in [0.2, 0.25) is 5.91 Å². The Bertz CT molecular complexity index is 1160. The monoisotopic (exact) mass is 500 g/mol. The van der Waals surface area contributed by atoms with E-state index in [1.54, 1.807) is 42.5 Å². The van der Waals surface area contributed by atoms with Gasteiger partial charge in [-0.25, -0.2) is 8.42 Å². The summed E-state index contributed by atoms with van der Waals surface area (Å²) in [4.78, 5) is 13.2. The summed E-state index contributed by atoms with van der Waals surface area (Å²) in [5, 5.41) is 2.94. The van der Waals surface area contributed by atoms with Crippen LogP contribution in [0.15, 0.2) is 82.2 Å². The van der Waals surface area contributed by atoms with Crippen molar-refractivity contribution in [2.24, 2.45) is 0 Å². The van der Waals surface area contributed by atoms with Crippen molar-refractivity contribution >= 4 is 43.2 Å². The number of benzene rings is 3. The third kappa shape index (κ3) is 5.35. The fourth-order valence-corrected chi connectivity index (χ4v) is 5.00. The maximum atomic E-state index is 13.4. The molecule has 0 aliphatic rings. The highest BCUT2D eigenvalue weighted by molar-refractivity contribution is 9.10. The molecule has 0 saturated heterocycles. The van der Waals surface area contributed by atoms with Crippen molar-refractivity contribution in [3.05, 3.63) is 88.4 Å². The average Bonchev–Trinajstić information content (AvgIpc) is 2.74. The van der Waals surface area contributed by atoms with Crippen molar-refractivity contribution in [1.29, 1.82) is 0 Å². The Morgan fingerprint density at radius 2 is 1.61 bits per heavy atom. The number of sulfonamides is 1. The molecule has 1 N–H and O–H groups in total. The third-order valence-electron chi connectivity index (χ3n) is 4.92. The zero-order valence-corrected chi connectivity index (χ0v) is 20.1. The van der Waals surface area contributed by atoms with E-state index in [1.165, 1.54) is 12.1 Å². The summed E-state index contributed by atoms with van der Waals surface area (Å²) < 4.78 is 28.7. The second-order valence-corrected chi connectivity index (χ2v) is 10.3. The third-order valence-corrected chi connectivity index (χ3v) is 7.24. The summed E-state index contributed by atoms with van der Waals surface area (Å²) in [5.74, 6) is -0.190. The molecular formula is C24H25BrN2O3S. The first-order valence-corrected chi connectivity index (χ1v) is 12.2. The lowest BCUT2D eigenvalue weighted by molar-refractivity contribution is -0.114. The van der Waals surface area contributed by atoms with Crippen LogP contribution in [0.2, 0.25) is 0 Å². The number of nitrogens with zero attached hydrogens (tertiary/aromatic N) is 1. The number of aryl methyl sites for hydroxylation is 1. The molecule has 0 saturated carbocycles. The molecule has 162 valence electrons. The zero-order valence-electron chi connectivity index (χ0n) is 17.7. The molecule has 7 heteroatoms. The molecule has 0 aliphatic heterocycles. The van der Waals surface area contributed by atoms with Crippen LogP contribution < -0.4 is 9.62 Å². The van der Waals surface area contributed by atoms with Gasteiger partial charge in [0.1, 0.15) is 6.54 Å². The first kappa shape index (κ1) is 23.0. The van der Waals surface area contributed by atoms with Crippen LogP contribution in [-0.2, 0) is 14.8 Å². The number of rotatable bonds is 7. The summed E-state index contributed by atoms with van der Waals surface area (Å²) in [6, 6.07) is 20.8. The normalized spacial score (nSPS) is 11.4. The van der Waals surface area contributed by atoms with Gasteiger partial charge in [0.25, 0.3) is 10.0 Å². The summed E-state index contributed by atoms with van der Waals surface area (Å²) in [6.07, 6.45) is 0. The Morgan fingerprint density at radius 1 is 0.968 bits per heavy atom. The van der Waals surface area contributed by atoms with Gasteiger partial charge >= 0.3 is 0 Å². The van der Waals surface area contributed by atoms with E-state index in [-0.39, 0.29) is 17.4 Å². The van der Waals surface area contributed by atoms with E-state index in [9.17, 15) is 13.2 Å². The van der Waals surface area contributed by atoms with E-state index in [0.29, 0.717) is 5.69 Å². The highest BCUT2D eigenvalue weighted by Gasteiger charge is 2.27. The fraction of sp³-hybridized carbons (Fsp3) is 0.208.